The first-order valence-electron chi connectivity index (χ1n) is 8.03. The molecule has 1 amide bonds. The molecule has 0 bridgehead atoms. The van der Waals surface area contributed by atoms with Crippen LogP contribution in [0.5, 0.6) is 0 Å². The molecular formula is C19H15FN4O2. The summed E-state index contributed by atoms with van der Waals surface area (Å²) in [4.78, 5) is 16.7. The zero-order chi connectivity index (χ0) is 18.1. The molecule has 4 rings (SSSR count). The quantitative estimate of drug-likeness (QED) is 0.608. The minimum Gasteiger partial charge on any atom is -0.451 e. The normalized spacial score (nSPS) is 11.0. The van der Waals surface area contributed by atoms with E-state index in [1.165, 1.54) is 18.2 Å². The van der Waals surface area contributed by atoms with Crippen LogP contribution in [0.15, 0.2) is 59.3 Å². The molecule has 0 aliphatic rings. The summed E-state index contributed by atoms with van der Waals surface area (Å²) in [6, 6.07) is 11.5. The van der Waals surface area contributed by atoms with Crippen molar-refractivity contribution in [3.63, 3.8) is 0 Å². The van der Waals surface area contributed by atoms with Gasteiger partial charge < -0.3 is 9.73 Å². The lowest BCUT2D eigenvalue weighted by molar-refractivity contribution is 0.0997. The molecule has 0 atom stereocenters. The van der Waals surface area contributed by atoms with Crippen molar-refractivity contribution in [2.75, 3.05) is 5.32 Å². The molecule has 0 aliphatic carbocycles. The van der Waals surface area contributed by atoms with Crippen molar-refractivity contribution in [1.82, 2.24) is 14.8 Å². The van der Waals surface area contributed by atoms with Crippen LogP contribution in [0.1, 0.15) is 21.8 Å². The highest BCUT2D eigenvalue weighted by atomic mass is 19.1. The minimum absolute atomic E-state index is 0.143. The number of aromatic nitrogens is 3. The van der Waals surface area contributed by atoms with E-state index in [0.29, 0.717) is 28.9 Å². The number of nitrogens with one attached hydrogen (secondary N) is 1. The lowest BCUT2D eigenvalue weighted by Crippen LogP contribution is -2.13. The van der Waals surface area contributed by atoms with Gasteiger partial charge in [-0.15, -0.1) is 0 Å². The molecule has 1 N–H and O–H groups in total. The minimum atomic E-state index is -0.429. The Labute approximate surface area is 148 Å². The van der Waals surface area contributed by atoms with Crippen LogP contribution in [-0.4, -0.2) is 20.7 Å². The van der Waals surface area contributed by atoms with Crippen LogP contribution in [0, 0.1) is 12.7 Å². The summed E-state index contributed by atoms with van der Waals surface area (Å²) in [6.45, 7) is 2.22. The predicted octanol–water partition coefficient (Wildman–Crippen LogP) is 3.77. The first kappa shape index (κ1) is 16.0. The Balaban J connectivity index is 1.53. The van der Waals surface area contributed by atoms with Crippen LogP contribution in [0.3, 0.4) is 0 Å². The number of anilines is 1. The Hall–Kier alpha value is -3.48. The topological polar surface area (TPSA) is 73.0 Å². The van der Waals surface area contributed by atoms with Gasteiger partial charge in [0.2, 0.25) is 0 Å². The SMILES string of the molecule is Cc1c(C(=O)Nc2ccn(Cc3ccccn3)n2)oc2ccc(F)cc12. The van der Waals surface area contributed by atoms with Crippen LogP contribution in [0.4, 0.5) is 10.2 Å². The third kappa shape index (κ3) is 3.06. The lowest BCUT2D eigenvalue weighted by Gasteiger charge is -2.01. The molecule has 0 spiro atoms. The average molecular weight is 350 g/mol. The monoisotopic (exact) mass is 350 g/mol. The van der Waals surface area contributed by atoms with Gasteiger partial charge in [-0.05, 0) is 37.3 Å². The van der Waals surface area contributed by atoms with E-state index in [-0.39, 0.29) is 11.6 Å². The van der Waals surface area contributed by atoms with Gasteiger partial charge in [-0.2, -0.15) is 5.10 Å². The number of nitrogens with zero attached hydrogens (tertiary/aromatic N) is 3. The molecule has 3 aromatic heterocycles. The molecule has 0 saturated heterocycles. The predicted molar refractivity (Wildman–Crippen MR) is 94.4 cm³/mol. The number of hydrogen-bond donors (Lipinski definition) is 1. The molecule has 7 heteroatoms. The van der Waals surface area contributed by atoms with Crippen LogP contribution in [0.25, 0.3) is 11.0 Å². The van der Waals surface area contributed by atoms with Crippen molar-refractivity contribution >= 4 is 22.7 Å². The Morgan fingerprint density at radius 1 is 1.27 bits per heavy atom. The summed E-state index contributed by atoms with van der Waals surface area (Å²) in [5.74, 6) is -0.259. The number of carbonyl (C=O) groups is 1. The smallest absolute Gasteiger partial charge is 0.292 e. The van der Waals surface area contributed by atoms with Gasteiger partial charge in [0.05, 0.1) is 12.2 Å². The number of hydrogen-bond acceptors (Lipinski definition) is 4. The van der Waals surface area contributed by atoms with Gasteiger partial charge in [-0.25, -0.2) is 4.39 Å². The fraction of sp³-hybridized carbons (Fsp3) is 0.105. The van der Waals surface area contributed by atoms with E-state index in [2.05, 4.69) is 15.4 Å². The van der Waals surface area contributed by atoms with Crippen molar-refractivity contribution in [2.24, 2.45) is 0 Å². The van der Waals surface area contributed by atoms with Gasteiger partial charge in [0.15, 0.2) is 11.6 Å². The number of carbonyl (C=O) groups excluding carboxylic acids is 1. The molecule has 0 saturated carbocycles. The molecule has 4 aromatic rings. The molecule has 1 aromatic carbocycles. The number of amides is 1. The number of fused-ring (bicyclic) bond motifs is 1. The molecule has 3 heterocycles. The third-order valence-electron chi connectivity index (χ3n) is 4.04. The Bertz CT molecular complexity index is 1090. The van der Waals surface area contributed by atoms with Crippen LogP contribution < -0.4 is 5.32 Å². The molecule has 0 radical (unpaired) electrons. The maximum atomic E-state index is 13.4. The van der Waals surface area contributed by atoms with E-state index >= 15 is 0 Å². The van der Waals surface area contributed by atoms with E-state index in [1.807, 2.05) is 18.2 Å². The number of benzene rings is 1. The van der Waals surface area contributed by atoms with Crippen molar-refractivity contribution < 1.29 is 13.6 Å². The van der Waals surface area contributed by atoms with Gasteiger partial charge in [0.25, 0.3) is 5.91 Å². The van der Waals surface area contributed by atoms with Crippen molar-refractivity contribution in [1.29, 1.82) is 0 Å². The zero-order valence-corrected chi connectivity index (χ0v) is 13.9. The van der Waals surface area contributed by atoms with E-state index in [4.69, 9.17) is 4.42 Å². The molecule has 6 nitrogen and oxygen atoms in total. The summed E-state index contributed by atoms with van der Waals surface area (Å²) in [5, 5.41) is 7.59. The lowest BCUT2D eigenvalue weighted by atomic mass is 10.1. The Kier molecular flexibility index (Phi) is 3.96. The number of halogens is 1. The van der Waals surface area contributed by atoms with Gasteiger partial charge in [-0.1, -0.05) is 6.07 Å². The number of furan rings is 1. The zero-order valence-electron chi connectivity index (χ0n) is 13.9. The molecule has 0 fully saturated rings. The molecule has 0 unspecified atom stereocenters. The summed E-state index contributed by atoms with van der Waals surface area (Å²) in [7, 11) is 0. The van der Waals surface area contributed by atoms with E-state index in [0.717, 1.165) is 5.69 Å². The highest BCUT2D eigenvalue weighted by Crippen LogP contribution is 2.26. The highest BCUT2D eigenvalue weighted by molar-refractivity contribution is 6.06. The number of aryl methyl sites for hydroxylation is 1. The first-order valence-corrected chi connectivity index (χ1v) is 8.03. The Morgan fingerprint density at radius 3 is 2.96 bits per heavy atom. The molecule has 130 valence electrons. The second-order valence-corrected chi connectivity index (χ2v) is 5.87. The third-order valence-corrected chi connectivity index (χ3v) is 4.04. The van der Waals surface area contributed by atoms with E-state index < -0.39 is 5.91 Å². The van der Waals surface area contributed by atoms with Crippen LogP contribution >= 0.6 is 0 Å². The maximum absolute atomic E-state index is 13.4. The number of pyridine rings is 1. The second-order valence-electron chi connectivity index (χ2n) is 5.87. The van der Waals surface area contributed by atoms with Gasteiger partial charge in [-0.3, -0.25) is 14.5 Å². The largest absolute Gasteiger partial charge is 0.451 e. The summed E-state index contributed by atoms with van der Waals surface area (Å²) in [5.41, 5.74) is 1.92. The molecule has 0 aliphatic heterocycles. The van der Waals surface area contributed by atoms with Gasteiger partial charge >= 0.3 is 0 Å². The summed E-state index contributed by atoms with van der Waals surface area (Å²) in [6.07, 6.45) is 3.47. The van der Waals surface area contributed by atoms with Crippen molar-refractivity contribution in [3.05, 3.63) is 77.7 Å². The van der Waals surface area contributed by atoms with E-state index in [1.54, 1.807) is 30.1 Å². The standard InChI is InChI=1S/C19H15FN4O2/c1-12-15-10-13(20)5-6-16(15)26-18(12)19(25)22-17-7-9-24(23-17)11-14-4-2-3-8-21-14/h2-10H,11H2,1H3,(H,22,23,25). The van der Waals surface area contributed by atoms with Gasteiger partial charge in [0.1, 0.15) is 11.4 Å². The number of rotatable bonds is 4. The van der Waals surface area contributed by atoms with Crippen LogP contribution in [0.2, 0.25) is 0 Å². The fourth-order valence-electron chi connectivity index (χ4n) is 2.76. The average Bonchev–Trinajstić information content (AvgIpc) is 3.20. The van der Waals surface area contributed by atoms with Gasteiger partial charge in [0, 0.05) is 29.4 Å². The van der Waals surface area contributed by atoms with Crippen LogP contribution in [-0.2, 0) is 6.54 Å². The molecule has 26 heavy (non-hydrogen) atoms. The summed E-state index contributed by atoms with van der Waals surface area (Å²) < 4.78 is 20.6. The maximum Gasteiger partial charge on any atom is 0.292 e. The van der Waals surface area contributed by atoms with Crippen molar-refractivity contribution in [2.45, 2.75) is 13.5 Å². The highest BCUT2D eigenvalue weighted by Gasteiger charge is 2.19. The molecular weight excluding hydrogens is 335 g/mol. The van der Waals surface area contributed by atoms with E-state index in [9.17, 15) is 9.18 Å². The second kappa shape index (κ2) is 6.44. The first-order chi connectivity index (χ1) is 12.6. The fourth-order valence-corrected chi connectivity index (χ4v) is 2.76. The van der Waals surface area contributed by atoms with Crippen molar-refractivity contribution in [3.8, 4) is 0 Å². The Morgan fingerprint density at radius 2 is 2.15 bits per heavy atom. The summed E-state index contributed by atoms with van der Waals surface area (Å²) >= 11 is 0.